The van der Waals surface area contributed by atoms with Crippen LogP contribution in [0.1, 0.15) is 42.1 Å². The fraction of sp³-hybridized carbons (Fsp3) is 0.545. The summed E-state index contributed by atoms with van der Waals surface area (Å²) < 4.78 is 30.8. The lowest BCUT2D eigenvalue weighted by Crippen LogP contribution is -2.49. The fourth-order valence-corrected chi connectivity index (χ4v) is 5.58. The van der Waals surface area contributed by atoms with Crippen molar-refractivity contribution < 1.29 is 22.7 Å². The summed E-state index contributed by atoms with van der Waals surface area (Å²) in [6, 6.07) is 2.76. The van der Waals surface area contributed by atoms with Crippen molar-refractivity contribution in [2.24, 2.45) is 0 Å². The SMILES string of the molecule is CCS(=O)(=O)N[C@@H](CNC(=O)c1sc(N2CCN(c3ccncc3)CC2)nc1C(C)C)C(=O)OC. The highest BCUT2D eigenvalue weighted by atomic mass is 32.2. The number of amides is 1. The van der Waals surface area contributed by atoms with E-state index in [0.717, 1.165) is 44.1 Å². The Balaban J connectivity index is 1.70. The predicted octanol–water partition coefficient (Wildman–Crippen LogP) is 1.20. The van der Waals surface area contributed by atoms with E-state index in [9.17, 15) is 18.0 Å². The molecule has 1 aliphatic heterocycles. The molecule has 1 aliphatic rings. The van der Waals surface area contributed by atoms with Crippen LogP contribution in [0.15, 0.2) is 24.5 Å². The fourth-order valence-electron chi connectivity index (χ4n) is 3.61. The number of hydrogen-bond donors (Lipinski definition) is 2. The zero-order chi connectivity index (χ0) is 25.6. The van der Waals surface area contributed by atoms with Crippen LogP contribution in [0, 0.1) is 0 Å². The largest absolute Gasteiger partial charge is 0.468 e. The number of pyridine rings is 1. The van der Waals surface area contributed by atoms with E-state index in [1.54, 1.807) is 12.4 Å². The Morgan fingerprint density at radius 2 is 1.77 bits per heavy atom. The molecule has 0 saturated carbocycles. The maximum atomic E-state index is 13.1. The third kappa shape index (κ3) is 6.89. The average molecular weight is 525 g/mol. The number of rotatable bonds is 10. The number of nitrogens with zero attached hydrogens (tertiary/aromatic N) is 4. The van der Waals surface area contributed by atoms with Gasteiger partial charge in [0, 0.05) is 50.8 Å². The number of sulfonamides is 1. The smallest absolute Gasteiger partial charge is 0.325 e. The van der Waals surface area contributed by atoms with Crippen molar-refractivity contribution in [2.45, 2.75) is 32.7 Å². The molecule has 2 aromatic rings. The van der Waals surface area contributed by atoms with Crippen molar-refractivity contribution in [3.63, 3.8) is 0 Å². The maximum absolute atomic E-state index is 13.1. The molecule has 13 heteroatoms. The molecule has 0 aliphatic carbocycles. The number of piperazine rings is 1. The highest BCUT2D eigenvalue weighted by Crippen LogP contribution is 2.31. The van der Waals surface area contributed by atoms with E-state index in [-0.39, 0.29) is 18.2 Å². The third-order valence-electron chi connectivity index (χ3n) is 5.63. The van der Waals surface area contributed by atoms with Gasteiger partial charge in [0.2, 0.25) is 10.0 Å². The molecule has 3 heterocycles. The molecule has 2 N–H and O–H groups in total. The number of methoxy groups -OCH3 is 1. The molecule has 1 saturated heterocycles. The van der Waals surface area contributed by atoms with Gasteiger partial charge in [-0.1, -0.05) is 25.2 Å². The summed E-state index contributed by atoms with van der Waals surface area (Å²) in [6.45, 7) is 8.31. The molecule has 1 atom stereocenters. The number of hydrogen-bond acceptors (Lipinski definition) is 10. The van der Waals surface area contributed by atoms with Crippen molar-refractivity contribution in [3.8, 4) is 0 Å². The zero-order valence-corrected chi connectivity index (χ0v) is 22.0. The first-order valence-electron chi connectivity index (χ1n) is 11.4. The third-order valence-corrected chi connectivity index (χ3v) is 8.16. The number of carbonyl (C=O) groups excluding carboxylic acids is 2. The molecule has 0 unspecified atom stereocenters. The van der Waals surface area contributed by atoms with Crippen molar-refractivity contribution >= 4 is 44.1 Å². The van der Waals surface area contributed by atoms with Crippen molar-refractivity contribution in [2.75, 3.05) is 55.4 Å². The van der Waals surface area contributed by atoms with Crippen LogP contribution < -0.4 is 19.8 Å². The monoisotopic (exact) mass is 524 g/mol. The molecule has 192 valence electrons. The second-order valence-electron chi connectivity index (χ2n) is 8.35. The summed E-state index contributed by atoms with van der Waals surface area (Å²) in [4.78, 5) is 38.8. The quantitative estimate of drug-likeness (QED) is 0.440. The molecular formula is C22H32N6O5S2. The van der Waals surface area contributed by atoms with Crippen LogP contribution in [0.25, 0.3) is 0 Å². The lowest BCUT2D eigenvalue weighted by Gasteiger charge is -2.35. The minimum Gasteiger partial charge on any atom is -0.468 e. The van der Waals surface area contributed by atoms with E-state index >= 15 is 0 Å². The predicted molar refractivity (Wildman–Crippen MR) is 136 cm³/mol. The van der Waals surface area contributed by atoms with Gasteiger partial charge < -0.3 is 19.9 Å². The normalized spacial score (nSPS) is 15.2. The first-order chi connectivity index (χ1) is 16.6. The minimum atomic E-state index is -3.67. The Bertz CT molecular complexity index is 1110. The van der Waals surface area contributed by atoms with Gasteiger partial charge in [0.05, 0.1) is 18.6 Å². The molecule has 35 heavy (non-hydrogen) atoms. The van der Waals surface area contributed by atoms with Crippen LogP contribution in [0.5, 0.6) is 0 Å². The summed E-state index contributed by atoms with van der Waals surface area (Å²) in [6.07, 6.45) is 3.56. The van der Waals surface area contributed by atoms with Gasteiger partial charge in [-0.2, -0.15) is 4.72 Å². The van der Waals surface area contributed by atoms with Crippen LogP contribution in [-0.4, -0.2) is 81.9 Å². The van der Waals surface area contributed by atoms with Gasteiger partial charge in [0.1, 0.15) is 10.9 Å². The van der Waals surface area contributed by atoms with E-state index < -0.39 is 27.9 Å². The van der Waals surface area contributed by atoms with Crippen LogP contribution >= 0.6 is 11.3 Å². The Hall–Kier alpha value is -2.77. The maximum Gasteiger partial charge on any atom is 0.325 e. The second-order valence-corrected chi connectivity index (χ2v) is 11.4. The number of esters is 1. The molecule has 0 aromatic carbocycles. The average Bonchev–Trinajstić information content (AvgIpc) is 3.32. The molecule has 1 amide bonds. The molecule has 0 spiro atoms. The number of carbonyl (C=O) groups is 2. The lowest BCUT2D eigenvalue weighted by molar-refractivity contribution is -0.142. The van der Waals surface area contributed by atoms with E-state index in [2.05, 4.69) is 29.6 Å². The van der Waals surface area contributed by atoms with Crippen LogP contribution in [0.3, 0.4) is 0 Å². The van der Waals surface area contributed by atoms with Gasteiger partial charge in [-0.25, -0.2) is 13.4 Å². The number of thiazole rings is 1. The summed E-state index contributed by atoms with van der Waals surface area (Å²) in [7, 11) is -2.50. The van der Waals surface area contributed by atoms with E-state index in [4.69, 9.17) is 4.98 Å². The van der Waals surface area contributed by atoms with Gasteiger partial charge in [-0.05, 0) is 25.0 Å². The number of aromatic nitrogens is 2. The number of ether oxygens (including phenoxy) is 1. The van der Waals surface area contributed by atoms with Gasteiger partial charge in [-0.15, -0.1) is 0 Å². The van der Waals surface area contributed by atoms with Crippen LogP contribution in [0.4, 0.5) is 10.8 Å². The highest BCUT2D eigenvalue weighted by molar-refractivity contribution is 7.89. The molecule has 2 aromatic heterocycles. The van der Waals surface area contributed by atoms with Crippen molar-refractivity contribution in [1.82, 2.24) is 20.0 Å². The summed E-state index contributed by atoms with van der Waals surface area (Å²) in [5.41, 5.74) is 1.79. The molecular weight excluding hydrogens is 492 g/mol. The highest BCUT2D eigenvalue weighted by Gasteiger charge is 2.28. The molecule has 0 bridgehead atoms. The van der Waals surface area contributed by atoms with E-state index in [0.29, 0.717) is 10.6 Å². The van der Waals surface area contributed by atoms with Crippen LogP contribution in [0.2, 0.25) is 0 Å². The lowest BCUT2D eigenvalue weighted by atomic mass is 10.1. The molecule has 11 nitrogen and oxygen atoms in total. The minimum absolute atomic E-state index is 0.00820. The van der Waals surface area contributed by atoms with Gasteiger partial charge in [0.25, 0.3) is 5.91 Å². The van der Waals surface area contributed by atoms with Gasteiger partial charge in [-0.3, -0.25) is 14.6 Å². The Morgan fingerprint density at radius 1 is 1.14 bits per heavy atom. The van der Waals surface area contributed by atoms with E-state index in [1.165, 1.54) is 18.3 Å². The zero-order valence-electron chi connectivity index (χ0n) is 20.4. The summed E-state index contributed by atoms with van der Waals surface area (Å²) in [5.74, 6) is -1.37. The summed E-state index contributed by atoms with van der Waals surface area (Å²) in [5, 5.41) is 3.44. The Labute approximate surface area is 209 Å². The molecule has 3 rings (SSSR count). The standard InChI is InChI=1S/C22H32N6O5S2/c1-5-35(31,32)26-17(21(30)33-4)14-24-20(29)19-18(15(2)3)25-22(34-19)28-12-10-27(11-13-28)16-6-8-23-9-7-16/h6-9,15,17,26H,5,10-14H2,1-4H3,(H,24,29)/t17-/m0/s1. The summed E-state index contributed by atoms with van der Waals surface area (Å²) >= 11 is 1.30. The topological polar surface area (TPSA) is 134 Å². The first kappa shape index (κ1) is 26.8. The molecule has 0 radical (unpaired) electrons. The Kier molecular flexibility index (Phi) is 9.03. The number of nitrogens with one attached hydrogen (secondary N) is 2. The molecule has 1 fully saturated rings. The number of anilines is 2. The first-order valence-corrected chi connectivity index (χ1v) is 13.9. The van der Waals surface area contributed by atoms with Gasteiger partial charge >= 0.3 is 5.97 Å². The second kappa shape index (κ2) is 11.8. The van der Waals surface area contributed by atoms with E-state index in [1.807, 2.05) is 26.0 Å². The van der Waals surface area contributed by atoms with Crippen molar-refractivity contribution in [1.29, 1.82) is 0 Å². The Morgan fingerprint density at radius 3 is 2.34 bits per heavy atom. The van der Waals surface area contributed by atoms with Crippen LogP contribution in [-0.2, 0) is 19.6 Å². The van der Waals surface area contributed by atoms with Crippen molar-refractivity contribution in [3.05, 3.63) is 35.1 Å². The van der Waals surface area contributed by atoms with Gasteiger partial charge in [0.15, 0.2) is 5.13 Å².